The monoisotopic (exact) mass is 258 g/mol. The van der Waals surface area contributed by atoms with Crippen LogP contribution in [0.5, 0.6) is 0 Å². The average molecular weight is 258 g/mol. The second-order valence-corrected chi connectivity index (χ2v) is 8.59. The van der Waals surface area contributed by atoms with Crippen molar-refractivity contribution in [2.75, 3.05) is 0 Å². The summed E-state index contributed by atoms with van der Waals surface area (Å²) in [6.07, 6.45) is 18.7. The SMILES string of the molecule is C[C@@]12C=CCC1[C@@H]1CCC3CCCC[C@]3(C)[C@H]1CC2. The van der Waals surface area contributed by atoms with Gasteiger partial charge in [0, 0.05) is 0 Å². The van der Waals surface area contributed by atoms with Crippen LogP contribution in [-0.4, -0.2) is 0 Å². The zero-order valence-electron chi connectivity index (χ0n) is 12.8. The summed E-state index contributed by atoms with van der Waals surface area (Å²) < 4.78 is 0. The van der Waals surface area contributed by atoms with Crippen molar-refractivity contribution in [3.8, 4) is 0 Å². The van der Waals surface area contributed by atoms with Gasteiger partial charge in [0.1, 0.15) is 0 Å². The van der Waals surface area contributed by atoms with Crippen LogP contribution in [0.3, 0.4) is 0 Å². The summed E-state index contributed by atoms with van der Waals surface area (Å²) in [5.41, 5.74) is 1.28. The molecule has 106 valence electrons. The first kappa shape index (κ1) is 12.5. The molecule has 2 unspecified atom stereocenters. The van der Waals surface area contributed by atoms with E-state index in [1.165, 1.54) is 38.5 Å². The van der Waals surface area contributed by atoms with Crippen LogP contribution in [0.1, 0.15) is 71.6 Å². The Bertz CT molecular complexity index is 395. The fourth-order valence-electron chi connectivity index (χ4n) is 6.78. The lowest BCUT2D eigenvalue weighted by atomic mass is 9.45. The van der Waals surface area contributed by atoms with Crippen molar-refractivity contribution in [3.05, 3.63) is 12.2 Å². The summed E-state index contributed by atoms with van der Waals surface area (Å²) in [5.74, 6) is 4.17. The van der Waals surface area contributed by atoms with Crippen LogP contribution in [-0.2, 0) is 0 Å². The minimum Gasteiger partial charge on any atom is -0.0877 e. The zero-order valence-corrected chi connectivity index (χ0v) is 12.8. The highest BCUT2D eigenvalue weighted by Crippen LogP contribution is 2.64. The highest BCUT2D eigenvalue weighted by Gasteiger charge is 2.56. The lowest BCUT2D eigenvalue weighted by Gasteiger charge is -2.59. The normalized spacial score (nSPS) is 56.3. The smallest absolute Gasteiger partial charge is 0.0112 e. The van der Waals surface area contributed by atoms with E-state index in [1.807, 2.05) is 0 Å². The summed E-state index contributed by atoms with van der Waals surface area (Å²) >= 11 is 0. The van der Waals surface area contributed by atoms with Crippen LogP contribution in [0.2, 0.25) is 0 Å². The largest absolute Gasteiger partial charge is 0.0877 e. The van der Waals surface area contributed by atoms with E-state index in [0.29, 0.717) is 10.8 Å². The number of allylic oxidation sites excluding steroid dienone is 2. The van der Waals surface area contributed by atoms with Crippen molar-refractivity contribution < 1.29 is 0 Å². The van der Waals surface area contributed by atoms with Gasteiger partial charge in [0.2, 0.25) is 0 Å². The molecule has 0 aromatic heterocycles. The Morgan fingerprint density at radius 2 is 1.79 bits per heavy atom. The summed E-state index contributed by atoms with van der Waals surface area (Å²) in [4.78, 5) is 0. The minimum absolute atomic E-state index is 0.568. The molecule has 0 nitrogen and oxygen atoms in total. The molecule has 0 amide bonds. The van der Waals surface area contributed by atoms with Gasteiger partial charge in [-0.15, -0.1) is 0 Å². The van der Waals surface area contributed by atoms with Crippen molar-refractivity contribution in [3.63, 3.8) is 0 Å². The van der Waals surface area contributed by atoms with E-state index in [4.69, 9.17) is 0 Å². The second-order valence-electron chi connectivity index (χ2n) is 8.59. The molecule has 3 saturated carbocycles. The molecule has 6 atom stereocenters. The van der Waals surface area contributed by atoms with Gasteiger partial charge < -0.3 is 0 Å². The van der Waals surface area contributed by atoms with E-state index in [1.54, 1.807) is 19.3 Å². The van der Waals surface area contributed by atoms with Gasteiger partial charge in [-0.3, -0.25) is 0 Å². The highest BCUT2D eigenvalue weighted by atomic mass is 14.6. The molecule has 0 heteroatoms. The van der Waals surface area contributed by atoms with E-state index in [9.17, 15) is 0 Å². The molecule has 0 radical (unpaired) electrons. The highest BCUT2D eigenvalue weighted by molar-refractivity contribution is 5.16. The van der Waals surface area contributed by atoms with E-state index in [2.05, 4.69) is 26.0 Å². The molecular formula is C19H30. The number of hydrogen-bond acceptors (Lipinski definition) is 0. The van der Waals surface area contributed by atoms with Gasteiger partial charge in [-0.05, 0) is 79.4 Å². The Kier molecular flexibility index (Phi) is 2.71. The third-order valence-electron chi connectivity index (χ3n) is 7.91. The van der Waals surface area contributed by atoms with Crippen molar-refractivity contribution >= 4 is 0 Å². The maximum Gasteiger partial charge on any atom is -0.0112 e. The van der Waals surface area contributed by atoms with Crippen LogP contribution < -0.4 is 0 Å². The molecule has 0 N–H and O–H groups in total. The van der Waals surface area contributed by atoms with Crippen LogP contribution in [0, 0.1) is 34.5 Å². The maximum atomic E-state index is 2.68. The lowest BCUT2D eigenvalue weighted by molar-refractivity contribution is -0.0969. The molecule has 0 aromatic carbocycles. The molecule has 0 aliphatic heterocycles. The third kappa shape index (κ3) is 1.64. The Morgan fingerprint density at radius 1 is 0.895 bits per heavy atom. The van der Waals surface area contributed by atoms with Gasteiger partial charge in [0.15, 0.2) is 0 Å². The molecule has 3 fully saturated rings. The molecular weight excluding hydrogens is 228 g/mol. The Labute approximate surface area is 119 Å². The molecule has 4 rings (SSSR count). The van der Waals surface area contributed by atoms with Crippen molar-refractivity contribution in [2.24, 2.45) is 34.5 Å². The van der Waals surface area contributed by atoms with E-state index < -0.39 is 0 Å². The van der Waals surface area contributed by atoms with E-state index in [0.717, 1.165) is 23.7 Å². The predicted octanol–water partition coefficient (Wildman–Crippen LogP) is 5.59. The number of rotatable bonds is 0. The standard InChI is InChI=1S/C19H30/c1-18-11-5-7-16(18)15-9-8-14-6-3-4-12-19(14,2)17(15)10-13-18/h5,11,14-17H,3-4,6-10,12-13H2,1-2H3/t14?,15-,16?,17-,18-,19-/m0/s1. The summed E-state index contributed by atoms with van der Waals surface area (Å²) in [6.45, 7) is 5.23. The Balaban J connectivity index is 1.65. The lowest BCUT2D eigenvalue weighted by Crippen LogP contribution is -2.51. The minimum atomic E-state index is 0.568. The van der Waals surface area contributed by atoms with E-state index in [-0.39, 0.29) is 0 Å². The van der Waals surface area contributed by atoms with Crippen LogP contribution in [0.25, 0.3) is 0 Å². The van der Waals surface area contributed by atoms with Crippen LogP contribution in [0.15, 0.2) is 12.2 Å². The summed E-state index contributed by atoms with van der Waals surface area (Å²) in [7, 11) is 0. The Morgan fingerprint density at radius 3 is 2.68 bits per heavy atom. The molecule has 0 heterocycles. The fraction of sp³-hybridized carbons (Fsp3) is 0.895. The van der Waals surface area contributed by atoms with E-state index >= 15 is 0 Å². The summed E-state index contributed by atoms with van der Waals surface area (Å²) in [5, 5.41) is 0. The fourth-order valence-corrected chi connectivity index (χ4v) is 6.78. The molecule has 0 bridgehead atoms. The summed E-state index contributed by atoms with van der Waals surface area (Å²) in [6, 6.07) is 0. The second kappa shape index (κ2) is 4.12. The Hall–Kier alpha value is -0.260. The van der Waals surface area contributed by atoms with Crippen LogP contribution >= 0.6 is 0 Å². The predicted molar refractivity (Wildman–Crippen MR) is 80.9 cm³/mol. The molecule has 0 spiro atoms. The first-order chi connectivity index (χ1) is 9.13. The topological polar surface area (TPSA) is 0 Å². The first-order valence-corrected chi connectivity index (χ1v) is 8.81. The van der Waals surface area contributed by atoms with Gasteiger partial charge in [-0.1, -0.05) is 38.8 Å². The molecule has 19 heavy (non-hydrogen) atoms. The quantitative estimate of drug-likeness (QED) is 0.497. The van der Waals surface area contributed by atoms with Crippen molar-refractivity contribution in [1.82, 2.24) is 0 Å². The number of hydrogen-bond donors (Lipinski definition) is 0. The van der Waals surface area contributed by atoms with Crippen molar-refractivity contribution in [1.29, 1.82) is 0 Å². The molecule has 4 aliphatic rings. The van der Waals surface area contributed by atoms with Gasteiger partial charge >= 0.3 is 0 Å². The van der Waals surface area contributed by atoms with Gasteiger partial charge in [0.25, 0.3) is 0 Å². The molecule has 0 aromatic rings. The maximum absolute atomic E-state index is 2.68. The van der Waals surface area contributed by atoms with Crippen LogP contribution in [0.4, 0.5) is 0 Å². The van der Waals surface area contributed by atoms with Crippen molar-refractivity contribution in [2.45, 2.75) is 71.6 Å². The van der Waals surface area contributed by atoms with Gasteiger partial charge in [0.05, 0.1) is 0 Å². The molecule has 4 aliphatic carbocycles. The first-order valence-electron chi connectivity index (χ1n) is 8.81. The zero-order chi connectivity index (χ0) is 13.1. The number of fused-ring (bicyclic) bond motifs is 5. The van der Waals surface area contributed by atoms with Gasteiger partial charge in [-0.25, -0.2) is 0 Å². The average Bonchev–Trinajstić information content (AvgIpc) is 2.79. The molecule has 0 saturated heterocycles. The third-order valence-corrected chi connectivity index (χ3v) is 7.91. The van der Waals surface area contributed by atoms with Gasteiger partial charge in [-0.2, -0.15) is 0 Å².